The van der Waals surface area contributed by atoms with Crippen LogP contribution in [0.25, 0.3) is 27.9 Å². The summed E-state index contributed by atoms with van der Waals surface area (Å²) in [6, 6.07) is 25.0. The summed E-state index contributed by atoms with van der Waals surface area (Å²) in [7, 11) is 0. The first kappa shape index (κ1) is 22.3. The van der Waals surface area contributed by atoms with Gasteiger partial charge in [0.05, 0.1) is 5.52 Å². The normalized spacial score (nSPS) is 16.0. The predicted octanol–water partition coefficient (Wildman–Crippen LogP) is 5.34. The SMILES string of the molecule is CC1CN(c2nc3cc(Cl)ccc3c3nnc(-c4ccccc4)n23)CCN1C(=O)Nc1ccccc1. The van der Waals surface area contributed by atoms with Gasteiger partial charge in [0.25, 0.3) is 0 Å². The molecule has 1 fully saturated rings. The van der Waals surface area contributed by atoms with Gasteiger partial charge in [-0.1, -0.05) is 60.1 Å². The maximum atomic E-state index is 13.0. The van der Waals surface area contributed by atoms with E-state index < -0.39 is 0 Å². The van der Waals surface area contributed by atoms with Crippen molar-refractivity contribution in [2.45, 2.75) is 13.0 Å². The summed E-state index contributed by atoms with van der Waals surface area (Å²) in [5, 5.41) is 13.6. The summed E-state index contributed by atoms with van der Waals surface area (Å²) in [5.74, 6) is 1.46. The minimum atomic E-state index is -0.106. The minimum Gasteiger partial charge on any atom is -0.338 e. The smallest absolute Gasteiger partial charge is 0.322 e. The van der Waals surface area contributed by atoms with Crippen molar-refractivity contribution in [2.75, 3.05) is 29.9 Å². The number of para-hydroxylation sites is 1. The van der Waals surface area contributed by atoms with Crippen LogP contribution in [-0.4, -0.2) is 56.2 Å². The summed E-state index contributed by atoms with van der Waals surface area (Å²) in [5.41, 5.74) is 3.22. The van der Waals surface area contributed by atoms with Crippen molar-refractivity contribution in [1.82, 2.24) is 24.5 Å². The number of nitrogens with zero attached hydrogens (tertiary/aromatic N) is 6. The first-order valence-electron chi connectivity index (χ1n) is 11.9. The molecule has 0 aliphatic carbocycles. The van der Waals surface area contributed by atoms with Crippen LogP contribution in [0.5, 0.6) is 0 Å². The van der Waals surface area contributed by atoms with Crippen LogP contribution in [0.3, 0.4) is 0 Å². The Hall–Kier alpha value is -4.17. The molecule has 36 heavy (non-hydrogen) atoms. The molecular weight excluding hydrogens is 474 g/mol. The van der Waals surface area contributed by atoms with Crippen molar-refractivity contribution in [3.05, 3.63) is 83.9 Å². The lowest BCUT2D eigenvalue weighted by atomic mass is 10.2. The fourth-order valence-corrected chi connectivity index (χ4v) is 4.90. The number of urea groups is 1. The van der Waals surface area contributed by atoms with Crippen LogP contribution < -0.4 is 10.2 Å². The zero-order chi connectivity index (χ0) is 24.6. The number of hydrogen-bond donors (Lipinski definition) is 1. The average molecular weight is 498 g/mol. The van der Waals surface area contributed by atoms with Gasteiger partial charge >= 0.3 is 6.03 Å². The number of hydrogen-bond acceptors (Lipinski definition) is 5. The fraction of sp³-hybridized carbons (Fsp3) is 0.185. The van der Waals surface area contributed by atoms with Crippen LogP contribution in [-0.2, 0) is 0 Å². The second-order valence-corrected chi connectivity index (χ2v) is 9.34. The molecule has 1 saturated heterocycles. The van der Waals surface area contributed by atoms with E-state index in [2.05, 4.69) is 27.3 Å². The van der Waals surface area contributed by atoms with Crippen molar-refractivity contribution >= 4 is 45.8 Å². The molecule has 1 unspecified atom stereocenters. The van der Waals surface area contributed by atoms with Gasteiger partial charge in [0, 0.05) is 47.3 Å². The molecule has 0 saturated carbocycles. The molecule has 180 valence electrons. The number of nitrogens with one attached hydrogen (secondary N) is 1. The van der Waals surface area contributed by atoms with Crippen molar-refractivity contribution in [2.24, 2.45) is 0 Å². The zero-order valence-corrected chi connectivity index (χ0v) is 20.4. The lowest BCUT2D eigenvalue weighted by molar-refractivity contribution is 0.184. The number of amides is 2. The summed E-state index contributed by atoms with van der Waals surface area (Å²) < 4.78 is 2.01. The number of aromatic nitrogens is 4. The summed E-state index contributed by atoms with van der Waals surface area (Å²) >= 11 is 6.31. The molecule has 0 radical (unpaired) electrons. The van der Waals surface area contributed by atoms with Crippen molar-refractivity contribution < 1.29 is 4.79 Å². The van der Waals surface area contributed by atoms with Crippen molar-refractivity contribution in [1.29, 1.82) is 0 Å². The molecule has 1 aliphatic rings. The molecule has 1 atom stereocenters. The van der Waals surface area contributed by atoms with Crippen molar-refractivity contribution in [3.63, 3.8) is 0 Å². The van der Waals surface area contributed by atoms with Gasteiger partial charge in [0.15, 0.2) is 11.5 Å². The summed E-state index contributed by atoms with van der Waals surface area (Å²) in [6.45, 7) is 3.84. The third-order valence-electron chi connectivity index (χ3n) is 6.51. The highest BCUT2D eigenvalue weighted by Crippen LogP contribution is 2.30. The number of benzene rings is 3. The molecule has 1 N–H and O–H groups in total. The van der Waals surface area contributed by atoms with E-state index in [1.54, 1.807) is 0 Å². The van der Waals surface area contributed by atoms with E-state index in [0.29, 0.717) is 24.7 Å². The third kappa shape index (κ3) is 3.99. The van der Waals surface area contributed by atoms with Gasteiger partial charge < -0.3 is 15.1 Å². The fourth-order valence-electron chi connectivity index (χ4n) is 4.74. The van der Waals surface area contributed by atoms with E-state index in [9.17, 15) is 4.79 Å². The van der Waals surface area contributed by atoms with Gasteiger partial charge in [0.2, 0.25) is 5.95 Å². The van der Waals surface area contributed by atoms with Gasteiger partial charge in [-0.25, -0.2) is 14.2 Å². The number of fused-ring (bicyclic) bond motifs is 3. The standard InChI is InChI=1S/C27H24ClN7O/c1-18-17-33(14-15-34(18)27(36)29-21-10-6-3-7-11-21)26-30-23-16-20(28)12-13-22(23)25-32-31-24(35(25)26)19-8-4-2-5-9-19/h2-13,16,18H,14-15,17H2,1H3,(H,29,36). The molecule has 5 aromatic rings. The quantitative estimate of drug-likeness (QED) is 0.364. The molecule has 0 spiro atoms. The Bertz CT molecular complexity index is 1550. The van der Waals surface area contributed by atoms with E-state index >= 15 is 0 Å². The second-order valence-electron chi connectivity index (χ2n) is 8.91. The van der Waals surface area contributed by atoms with Crippen molar-refractivity contribution in [3.8, 4) is 11.4 Å². The number of rotatable bonds is 3. The van der Waals surface area contributed by atoms with E-state index in [1.165, 1.54) is 0 Å². The molecule has 8 nitrogen and oxygen atoms in total. The Labute approximate surface area is 213 Å². The maximum absolute atomic E-state index is 13.0. The van der Waals surface area contributed by atoms with Gasteiger partial charge in [-0.15, -0.1) is 10.2 Å². The highest BCUT2D eigenvalue weighted by molar-refractivity contribution is 6.31. The van der Waals surface area contributed by atoms with E-state index in [4.69, 9.17) is 16.6 Å². The van der Waals surface area contributed by atoms with E-state index in [0.717, 1.165) is 39.6 Å². The monoisotopic (exact) mass is 497 g/mol. The van der Waals surface area contributed by atoms with Crippen LogP contribution in [0.2, 0.25) is 5.02 Å². The number of carbonyl (C=O) groups is 1. The molecule has 1 aliphatic heterocycles. The molecule has 6 rings (SSSR count). The molecule has 2 aromatic heterocycles. The predicted molar refractivity (Wildman–Crippen MR) is 143 cm³/mol. The number of anilines is 2. The average Bonchev–Trinajstić information content (AvgIpc) is 3.34. The van der Waals surface area contributed by atoms with Crippen LogP contribution >= 0.6 is 11.6 Å². The topological polar surface area (TPSA) is 78.7 Å². The Kier molecular flexibility index (Phi) is 5.65. The van der Waals surface area contributed by atoms with Crippen LogP contribution in [0.4, 0.5) is 16.4 Å². The van der Waals surface area contributed by atoms with Gasteiger partial charge in [-0.3, -0.25) is 0 Å². The molecule has 3 heterocycles. The number of halogens is 1. The van der Waals surface area contributed by atoms with Crippen LogP contribution in [0, 0.1) is 0 Å². The molecule has 9 heteroatoms. The van der Waals surface area contributed by atoms with E-state index in [-0.39, 0.29) is 12.1 Å². The largest absolute Gasteiger partial charge is 0.338 e. The highest BCUT2D eigenvalue weighted by atomic mass is 35.5. The number of carbonyl (C=O) groups excluding carboxylic acids is 1. The van der Waals surface area contributed by atoms with Gasteiger partial charge in [0.1, 0.15) is 0 Å². The highest BCUT2D eigenvalue weighted by Gasteiger charge is 2.30. The minimum absolute atomic E-state index is 0.0361. The zero-order valence-electron chi connectivity index (χ0n) is 19.7. The Morgan fingerprint density at radius 2 is 1.72 bits per heavy atom. The van der Waals surface area contributed by atoms with E-state index in [1.807, 2.05) is 88.2 Å². The molecule has 0 bridgehead atoms. The molecule has 2 amide bonds. The Balaban J connectivity index is 1.38. The van der Waals surface area contributed by atoms with Crippen LogP contribution in [0.15, 0.2) is 78.9 Å². The summed E-state index contributed by atoms with van der Waals surface area (Å²) in [6.07, 6.45) is 0. The van der Waals surface area contributed by atoms with Gasteiger partial charge in [-0.2, -0.15) is 0 Å². The first-order valence-corrected chi connectivity index (χ1v) is 12.2. The maximum Gasteiger partial charge on any atom is 0.322 e. The lowest BCUT2D eigenvalue weighted by Crippen LogP contribution is -2.55. The van der Waals surface area contributed by atoms with Gasteiger partial charge in [-0.05, 0) is 37.3 Å². The van der Waals surface area contributed by atoms with Crippen LogP contribution in [0.1, 0.15) is 6.92 Å². The number of piperazine rings is 1. The summed E-state index contributed by atoms with van der Waals surface area (Å²) in [4.78, 5) is 22.1. The molecule has 3 aromatic carbocycles. The Morgan fingerprint density at radius 3 is 2.47 bits per heavy atom. The Morgan fingerprint density at radius 1 is 0.972 bits per heavy atom. The third-order valence-corrected chi connectivity index (χ3v) is 6.75. The second kappa shape index (κ2) is 9.13. The lowest BCUT2D eigenvalue weighted by Gasteiger charge is -2.40. The molecular formula is C27H24ClN7O. The first-order chi connectivity index (χ1) is 17.6.